The van der Waals surface area contributed by atoms with Crippen LogP contribution in [0.15, 0.2) is 104 Å². The summed E-state index contributed by atoms with van der Waals surface area (Å²) in [5.41, 5.74) is 4.49. The molecule has 34 heavy (non-hydrogen) atoms. The van der Waals surface area contributed by atoms with Crippen LogP contribution in [0.2, 0.25) is 0 Å². The molecule has 0 radical (unpaired) electrons. The van der Waals surface area contributed by atoms with Crippen LogP contribution in [0.1, 0.15) is 39.8 Å². The van der Waals surface area contributed by atoms with Crippen molar-refractivity contribution in [3.8, 4) is 6.07 Å². The molecule has 0 aliphatic carbocycles. The predicted octanol–water partition coefficient (Wildman–Crippen LogP) is 4.13. The van der Waals surface area contributed by atoms with E-state index in [9.17, 15) is 10.1 Å². The van der Waals surface area contributed by atoms with Gasteiger partial charge in [-0.25, -0.2) is 0 Å². The van der Waals surface area contributed by atoms with Crippen LogP contribution < -0.4 is 10.6 Å². The summed E-state index contributed by atoms with van der Waals surface area (Å²) in [5.74, 6) is -0.278. The van der Waals surface area contributed by atoms with Crippen LogP contribution in [0, 0.1) is 11.3 Å². The molecule has 1 amide bonds. The van der Waals surface area contributed by atoms with Gasteiger partial charge in [0.15, 0.2) is 0 Å². The molecule has 168 valence electrons. The van der Waals surface area contributed by atoms with Gasteiger partial charge in [-0.2, -0.15) is 5.26 Å². The molecule has 0 saturated heterocycles. The summed E-state index contributed by atoms with van der Waals surface area (Å²) in [6, 6.07) is 27.0. The molecule has 2 N–H and O–H groups in total. The Morgan fingerprint density at radius 1 is 0.853 bits per heavy atom. The summed E-state index contributed by atoms with van der Waals surface area (Å²) in [5, 5.41) is 15.9. The Morgan fingerprint density at radius 3 is 2.15 bits per heavy atom. The molecule has 1 atom stereocenters. The lowest BCUT2D eigenvalue weighted by Gasteiger charge is -2.29. The molecular weight excluding hydrogens is 422 g/mol. The molecular formula is C28H25N5O. The van der Waals surface area contributed by atoms with Crippen molar-refractivity contribution in [2.75, 3.05) is 6.54 Å². The molecule has 0 aliphatic rings. The first-order valence-electron chi connectivity index (χ1n) is 11.1. The number of aromatic nitrogens is 2. The first kappa shape index (κ1) is 22.8. The van der Waals surface area contributed by atoms with E-state index in [1.54, 1.807) is 18.5 Å². The van der Waals surface area contributed by atoms with E-state index in [1.165, 1.54) is 0 Å². The number of nitriles is 1. The highest BCUT2D eigenvalue weighted by atomic mass is 16.1. The van der Waals surface area contributed by atoms with Gasteiger partial charge >= 0.3 is 0 Å². The van der Waals surface area contributed by atoms with Crippen molar-refractivity contribution in [1.29, 1.82) is 5.26 Å². The van der Waals surface area contributed by atoms with Crippen molar-refractivity contribution in [2.45, 2.75) is 18.5 Å². The zero-order valence-electron chi connectivity index (χ0n) is 18.6. The minimum absolute atomic E-state index is 0.110. The maximum atomic E-state index is 12.7. The van der Waals surface area contributed by atoms with Gasteiger partial charge in [-0.15, -0.1) is 0 Å². The maximum absolute atomic E-state index is 12.7. The van der Waals surface area contributed by atoms with Crippen molar-refractivity contribution < 1.29 is 4.79 Å². The highest BCUT2D eigenvalue weighted by molar-refractivity contribution is 5.78. The minimum Gasteiger partial charge on any atom is -0.351 e. The van der Waals surface area contributed by atoms with Gasteiger partial charge in [-0.1, -0.05) is 54.6 Å². The molecule has 2 aromatic heterocycles. The van der Waals surface area contributed by atoms with Crippen LogP contribution in [0.25, 0.3) is 0 Å². The van der Waals surface area contributed by atoms with Crippen LogP contribution in [-0.4, -0.2) is 22.4 Å². The van der Waals surface area contributed by atoms with Crippen molar-refractivity contribution in [1.82, 2.24) is 20.6 Å². The maximum Gasteiger partial charge on any atom is 0.234 e. The number of rotatable bonds is 9. The average Bonchev–Trinajstić information content (AvgIpc) is 2.91. The van der Waals surface area contributed by atoms with E-state index in [1.807, 2.05) is 85.2 Å². The number of nitrogens with one attached hydrogen (secondary N) is 2. The summed E-state index contributed by atoms with van der Waals surface area (Å²) in [6.07, 6.45) is 7.13. The van der Waals surface area contributed by atoms with E-state index in [0.29, 0.717) is 12.1 Å². The Kier molecular flexibility index (Phi) is 7.73. The Balaban J connectivity index is 1.62. The molecule has 0 saturated carbocycles. The number of carbonyl (C=O) groups excluding carboxylic acids is 1. The third-order valence-electron chi connectivity index (χ3n) is 5.61. The average molecular weight is 448 g/mol. The molecule has 2 heterocycles. The van der Waals surface area contributed by atoms with E-state index in [0.717, 1.165) is 22.3 Å². The van der Waals surface area contributed by atoms with E-state index in [4.69, 9.17) is 0 Å². The molecule has 6 nitrogen and oxygen atoms in total. The minimum atomic E-state index is -0.288. The molecule has 0 bridgehead atoms. The second-order valence-corrected chi connectivity index (χ2v) is 7.91. The lowest BCUT2D eigenvalue weighted by Crippen LogP contribution is -2.37. The first-order chi connectivity index (χ1) is 16.7. The Morgan fingerprint density at radius 2 is 1.53 bits per heavy atom. The highest BCUT2D eigenvalue weighted by Gasteiger charge is 2.27. The smallest absolute Gasteiger partial charge is 0.234 e. The van der Waals surface area contributed by atoms with Gasteiger partial charge in [0.05, 0.1) is 18.2 Å². The summed E-state index contributed by atoms with van der Waals surface area (Å²) in [7, 11) is 0. The fourth-order valence-corrected chi connectivity index (χ4v) is 3.99. The van der Waals surface area contributed by atoms with E-state index < -0.39 is 0 Å². The van der Waals surface area contributed by atoms with Crippen molar-refractivity contribution in [3.63, 3.8) is 0 Å². The molecule has 1 unspecified atom stereocenters. The summed E-state index contributed by atoms with van der Waals surface area (Å²) < 4.78 is 0. The molecule has 0 fully saturated rings. The zero-order chi connectivity index (χ0) is 23.6. The Labute approximate surface area is 199 Å². The van der Waals surface area contributed by atoms with Crippen LogP contribution in [0.3, 0.4) is 0 Å². The lowest BCUT2D eigenvalue weighted by molar-refractivity contribution is -0.120. The van der Waals surface area contributed by atoms with Crippen molar-refractivity contribution >= 4 is 5.91 Å². The molecule has 0 spiro atoms. The first-order valence-corrected chi connectivity index (χ1v) is 11.1. The zero-order valence-corrected chi connectivity index (χ0v) is 18.6. The summed E-state index contributed by atoms with van der Waals surface area (Å²) in [6.45, 7) is 0.579. The SMILES string of the molecule is N#Cc1cccc(C(NCC(=O)NCc2ccccc2)C(c2cccnc2)c2cccnc2)c1. The number of pyridine rings is 2. The Bertz CT molecular complexity index is 1200. The number of carbonyl (C=O) groups is 1. The van der Waals surface area contributed by atoms with Gasteiger partial charge in [0.25, 0.3) is 0 Å². The lowest BCUT2D eigenvalue weighted by atomic mass is 9.82. The van der Waals surface area contributed by atoms with Gasteiger partial charge in [-0.3, -0.25) is 14.8 Å². The normalized spacial score (nSPS) is 11.5. The molecule has 6 heteroatoms. The van der Waals surface area contributed by atoms with Gasteiger partial charge in [-0.05, 0) is 46.5 Å². The van der Waals surface area contributed by atoms with Crippen LogP contribution >= 0.6 is 0 Å². The van der Waals surface area contributed by atoms with E-state index in [2.05, 4.69) is 26.7 Å². The molecule has 4 aromatic rings. The van der Waals surface area contributed by atoms with Gasteiger partial charge < -0.3 is 10.6 Å². The van der Waals surface area contributed by atoms with E-state index >= 15 is 0 Å². The van der Waals surface area contributed by atoms with Gasteiger partial charge in [0.2, 0.25) is 5.91 Å². The summed E-state index contributed by atoms with van der Waals surface area (Å²) >= 11 is 0. The summed E-state index contributed by atoms with van der Waals surface area (Å²) in [4.78, 5) is 21.4. The number of hydrogen-bond donors (Lipinski definition) is 2. The van der Waals surface area contributed by atoms with Crippen molar-refractivity contribution in [2.24, 2.45) is 0 Å². The largest absolute Gasteiger partial charge is 0.351 e. The third-order valence-corrected chi connectivity index (χ3v) is 5.61. The highest BCUT2D eigenvalue weighted by Crippen LogP contribution is 2.36. The number of hydrogen-bond acceptors (Lipinski definition) is 5. The third kappa shape index (κ3) is 5.91. The van der Waals surface area contributed by atoms with Crippen LogP contribution in [-0.2, 0) is 11.3 Å². The quantitative estimate of drug-likeness (QED) is 0.403. The van der Waals surface area contributed by atoms with Crippen LogP contribution in [0.4, 0.5) is 0 Å². The second-order valence-electron chi connectivity index (χ2n) is 7.91. The van der Waals surface area contributed by atoms with Gasteiger partial charge in [0, 0.05) is 43.3 Å². The number of amides is 1. The molecule has 0 aliphatic heterocycles. The molecule has 4 rings (SSSR count). The van der Waals surface area contributed by atoms with Gasteiger partial charge in [0.1, 0.15) is 0 Å². The molecule has 2 aromatic carbocycles. The Hall–Kier alpha value is -4.34. The second kappa shape index (κ2) is 11.5. The predicted molar refractivity (Wildman–Crippen MR) is 131 cm³/mol. The van der Waals surface area contributed by atoms with Crippen LogP contribution in [0.5, 0.6) is 0 Å². The topological polar surface area (TPSA) is 90.7 Å². The number of benzene rings is 2. The monoisotopic (exact) mass is 447 g/mol. The fourth-order valence-electron chi connectivity index (χ4n) is 3.99. The number of nitrogens with zero attached hydrogens (tertiary/aromatic N) is 3. The fraction of sp³-hybridized carbons (Fsp3) is 0.143. The standard InChI is InChI=1S/C28H25N5O/c29-16-22-9-4-10-23(15-22)28(33-20-26(34)32-17-21-7-2-1-3-8-21)27(24-11-5-13-30-18-24)25-12-6-14-31-19-25/h1-15,18-19,27-28,33H,17,20H2,(H,32,34). The van der Waals surface area contributed by atoms with Crippen molar-refractivity contribution in [3.05, 3.63) is 131 Å². The van der Waals surface area contributed by atoms with E-state index in [-0.39, 0.29) is 24.4 Å².